The largest absolute Gasteiger partial charge is 0.301 e. The SMILES string of the molecule is N#Cc1c(-c2ccc(Cl)cc2)nc(SCC(=O)Nc2nc(-c3ccccc3)cs2)[nH]c1=O. The molecule has 0 aliphatic heterocycles. The molecule has 0 unspecified atom stereocenters. The van der Waals surface area contributed by atoms with Crippen LogP contribution in [0.15, 0.2) is 69.9 Å². The molecule has 4 aromatic rings. The molecule has 0 saturated carbocycles. The van der Waals surface area contributed by atoms with Gasteiger partial charge in [0.15, 0.2) is 10.3 Å². The van der Waals surface area contributed by atoms with Crippen LogP contribution in [-0.2, 0) is 4.79 Å². The second-order valence-corrected chi connectivity index (χ2v) is 8.71. The van der Waals surface area contributed by atoms with Crippen LogP contribution in [0, 0.1) is 11.3 Å². The van der Waals surface area contributed by atoms with Crippen molar-refractivity contribution in [2.24, 2.45) is 0 Å². The number of benzene rings is 2. The summed E-state index contributed by atoms with van der Waals surface area (Å²) in [7, 11) is 0. The third-order valence-corrected chi connectivity index (χ3v) is 6.17. The number of aromatic amines is 1. The van der Waals surface area contributed by atoms with Crippen molar-refractivity contribution in [3.05, 3.63) is 80.9 Å². The zero-order valence-corrected chi connectivity index (χ0v) is 18.7. The van der Waals surface area contributed by atoms with Crippen LogP contribution in [0.2, 0.25) is 5.02 Å². The number of rotatable bonds is 6. The minimum atomic E-state index is -0.567. The van der Waals surface area contributed by atoms with E-state index in [1.807, 2.05) is 41.8 Å². The van der Waals surface area contributed by atoms with Gasteiger partial charge in [-0.05, 0) is 12.1 Å². The maximum absolute atomic E-state index is 12.4. The van der Waals surface area contributed by atoms with E-state index in [4.69, 9.17) is 11.6 Å². The number of hydrogen-bond donors (Lipinski definition) is 2. The molecule has 4 rings (SSSR count). The molecule has 2 aromatic heterocycles. The molecule has 0 saturated heterocycles. The van der Waals surface area contributed by atoms with Gasteiger partial charge < -0.3 is 10.3 Å². The summed E-state index contributed by atoms with van der Waals surface area (Å²) >= 11 is 8.31. The number of carbonyl (C=O) groups is 1. The van der Waals surface area contributed by atoms with Gasteiger partial charge in [0.1, 0.15) is 11.6 Å². The molecule has 0 aliphatic carbocycles. The van der Waals surface area contributed by atoms with Gasteiger partial charge in [0.05, 0.1) is 17.1 Å². The van der Waals surface area contributed by atoms with Crippen molar-refractivity contribution in [3.8, 4) is 28.6 Å². The molecular formula is C22H14ClN5O2S2. The van der Waals surface area contributed by atoms with Crippen LogP contribution >= 0.6 is 34.7 Å². The summed E-state index contributed by atoms with van der Waals surface area (Å²) in [5, 5.41) is 15.2. The van der Waals surface area contributed by atoms with Crippen LogP contribution in [-0.4, -0.2) is 26.6 Å². The van der Waals surface area contributed by atoms with Crippen LogP contribution in [0.25, 0.3) is 22.5 Å². The molecular weight excluding hydrogens is 466 g/mol. The number of anilines is 1. The van der Waals surface area contributed by atoms with Gasteiger partial charge in [-0.15, -0.1) is 11.3 Å². The van der Waals surface area contributed by atoms with Crippen LogP contribution in [0.1, 0.15) is 5.56 Å². The minimum absolute atomic E-state index is 0.00908. The third kappa shape index (κ3) is 5.06. The van der Waals surface area contributed by atoms with Crippen LogP contribution < -0.4 is 10.9 Å². The van der Waals surface area contributed by atoms with Gasteiger partial charge in [-0.3, -0.25) is 9.59 Å². The van der Waals surface area contributed by atoms with Crippen molar-refractivity contribution >= 4 is 45.7 Å². The molecule has 10 heteroatoms. The van der Waals surface area contributed by atoms with E-state index in [1.54, 1.807) is 24.3 Å². The van der Waals surface area contributed by atoms with Crippen molar-refractivity contribution < 1.29 is 4.79 Å². The molecule has 1 amide bonds. The molecule has 0 aliphatic rings. The van der Waals surface area contributed by atoms with Crippen molar-refractivity contribution in [1.82, 2.24) is 15.0 Å². The van der Waals surface area contributed by atoms with Gasteiger partial charge >= 0.3 is 0 Å². The van der Waals surface area contributed by atoms with E-state index in [1.165, 1.54) is 11.3 Å². The van der Waals surface area contributed by atoms with E-state index in [2.05, 4.69) is 20.3 Å². The number of H-pyrrole nitrogens is 1. The maximum atomic E-state index is 12.4. The van der Waals surface area contributed by atoms with Crippen molar-refractivity contribution in [2.75, 3.05) is 11.1 Å². The Kier molecular flexibility index (Phi) is 6.66. The first kappa shape index (κ1) is 21.8. The lowest BCUT2D eigenvalue weighted by molar-refractivity contribution is -0.113. The van der Waals surface area contributed by atoms with Gasteiger partial charge in [-0.2, -0.15) is 5.26 Å². The normalized spacial score (nSPS) is 10.5. The van der Waals surface area contributed by atoms with Gasteiger partial charge in [-0.1, -0.05) is 65.8 Å². The fraction of sp³-hybridized carbons (Fsp3) is 0.0455. The molecule has 0 spiro atoms. The Bertz CT molecular complexity index is 1360. The highest BCUT2D eigenvalue weighted by Crippen LogP contribution is 2.26. The third-order valence-electron chi connectivity index (χ3n) is 4.29. The smallest absolute Gasteiger partial charge is 0.270 e. The summed E-state index contributed by atoms with van der Waals surface area (Å²) in [6.07, 6.45) is 0. The molecule has 2 N–H and O–H groups in total. The Morgan fingerprint density at radius 2 is 1.88 bits per heavy atom. The van der Waals surface area contributed by atoms with Gasteiger partial charge in [0.25, 0.3) is 5.56 Å². The Labute approximate surface area is 196 Å². The van der Waals surface area contributed by atoms with E-state index in [9.17, 15) is 14.9 Å². The maximum Gasteiger partial charge on any atom is 0.270 e. The number of carbonyl (C=O) groups excluding carboxylic acids is 1. The van der Waals surface area contributed by atoms with Crippen molar-refractivity contribution in [1.29, 1.82) is 5.26 Å². The second kappa shape index (κ2) is 9.78. The standard InChI is InChI=1S/C22H14ClN5O2S2/c23-15-8-6-14(7-9-15)19-16(10-24)20(30)28-22(27-19)32-12-18(29)26-21-25-17(11-31-21)13-4-2-1-3-5-13/h1-9,11H,12H2,(H,25,26,29)(H,27,28,30). The fourth-order valence-electron chi connectivity index (χ4n) is 2.80. The molecule has 7 nitrogen and oxygen atoms in total. The Hall–Kier alpha value is -3.45. The Morgan fingerprint density at radius 3 is 2.59 bits per heavy atom. The number of nitriles is 1. The number of amides is 1. The molecule has 0 atom stereocenters. The number of nitrogens with one attached hydrogen (secondary N) is 2. The summed E-state index contributed by atoms with van der Waals surface area (Å²) < 4.78 is 0. The van der Waals surface area contributed by atoms with E-state index in [0.29, 0.717) is 15.7 Å². The summed E-state index contributed by atoms with van der Waals surface area (Å²) in [6.45, 7) is 0. The Balaban J connectivity index is 1.46. The van der Waals surface area contributed by atoms with Gasteiger partial charge in [0, 0.05) is 21.5 Å². The zero-order valence-electron chi connectivity index (χ0n) is 16.3. The average molecular weight is 480 g/mol. The molecule has 158 valence electrons. The predicted molar refractivity (Wildman–Crippen MR) is 127 cm³/mol. The lowest BCUT2D eigenvalue weighted by Gasteiger charge is -2.07. The number of aromatic nitrogens is 3. The Morgan fingerprint density at radius 1 is 1.12 bits per heavy atom. The van der Waals surface area contributed by atoms with Crippen LogP contribution in [0.3, 0.4) is 0 Å². The van der Waals surface area contributed by atoms with E-state index in [-0.39, 0.29) is 28.1 Å². The van der Waals surface area contributed by atoms with Gasteiger partial charge in [0.2, 0.25) is 5.91 Å². The monoisotopic (exact) mass is 479 g/mol. The summed E-state index contributed by atoms with van der Waals surface area (Å²) in [5.74, 6) is -0.279. The van der Waals surface area contributed by atoms with Crippen molar-refractivity contribution in [2.45, 2.75) is 5.16 Å². The molecule has 0 radical (unpaired) electrons. The average Bonchev–Trinajstić information content (AvgIpc) is 3.27. The predicted octanol–water partition coefficient (Wildman–Crippen LogP) is 4.82. The first-order valence-electron chi connectivity index (χ1n) is 9.27. The highest BCUT2D eigenvalue weighted by molar-refractivity contribution is 7.99. The molecule has 0 fully saturated rings. The number of nitrogens with zero attached hydrogens (tertiary/aromatic N) is 3. The van der Waals surface area contributed by atoms with Crippen LogP contribution in [0.5, 0.6) is 0 Å². The van der Waals surface area contributed by atoms with Crippen LogP contribution in [0.4, 0.5) is 5.13 Å². The van der Waals surface area contributed by atoms with Crippen molar-refractivity contribution in [3.63, 3.8) is 0 Å². The first-order chi connectivity index (χ1) is 15.5. The fourth-order valence-corrected chi connectivity index (χ4v) is 4.33. The number of thiazole rings is 1. The number of hydrogen-bond acceptors (Lipinski definition) is 7. The summed E-state index contributed by atoms with van der Waals surface area (Å²) in [4.78, 5) is 36.1. The first-order valence-corrected chi connectivity index (χ1v) is 11.5. The molecule has 0 bridgehead atoms. The minimum Gasteiger partial charge on any atom is -0.301 e. The number of halogens is 1. The lowest BCUT2D eigenvalue weighted by Crippen LogP contribution is -2.17. The highest BCUT2D eigenvalue weighted by atomic mass is 35.5. The summed E-state index contributed by atoms with van der Waals surface area (Å²) in [5.41, 5.74) is 1.90. The molecule has 32 heavy (non-hydrogen) atoms. The summed E-state index contributed by atoms with van der Waals surface area (Å²) in [6, 6.07) is 18.2. The number of thioether (sulfide) groups is 1. The van der Waals surface area contributed by atoms with E-state index in [0.717, 1.165) is 23.0 Å². The van der Waals surface area contributed by atoms with E-state index < -0.39 is 5.56 Å². The highest BCUT2D eigenvalue weighted by Gasteiger charge is 2.15. The van der Waals surface area contributed by atoms with E-state index >= 15 is 0 Å². The topological polar surface area (TPSA) is 112 Å². The quantitative estimate of drug-likeness (QED) is 0.303. The van der Waals surface area contributed by atoms with Gasteiger partial charge in [-0.25, -0.2) is 9.97 Å². The molecule has 2 heterocycles. The molecule has 2 aromatic carbocycles. The zero-order chi connectivity index (χ0) is 22.5. The second-order valence-electron chi connectivity index (χ2n) is 6.45. The lowest BCUT2D eigenvalue weighted by atomic mass is 10.1.